The largest absolute Gasteiger partial charge is 0.377 e. The van der Waals surface area contributed by atoms with Gasteiger partial charge in [0.2, 0.25) is 0 Å². The minimum absolute atomic E-state index is 0.286. The van der Waals surface area contributed by atoms with Crippen molar-refractivity contribution < 1.29 is 9.63 Å². The molecule has 0 radical (unpaired) electrons. The van der Waals surface area contributed by atoms with Gasteiger partial charge in [0.15, 0.2) is 5.75 Å². The lowest BCUT2D eigenvalue weighted by Crippen LogP contribution is -2.32. The molecule has 3 aromatic rings. The fraction of sp³-hybridized carbons (Fsp3) is 0.136. The molecule has 0 saturated carbocycles. The van der Waals surface area contributed by atoms with E-state index in [4.69, 9.17) is 16.3 Å². The minimum atomic E-state index is -0.405. The van der Waals surface area contributed by atoms with Crippen LogP contribution in [0.2, 0.25) is 0 Å². The highest BCUT2D eigenvalue weighted by Gasteiger charge is 2.29. The maximum atomic E-state index is 12.2. The third kappa shape index (κ3) is 4.01. The second-order valence-electron chi connectivity index (χ2n) is 6.73. The Morgan fingerprint density at radius 3 is 2.52 bits per heavy atom. The Kier molecular flexibility index (Phi) is 5.33. The van der Waals surface area contributed by atoms with Gasteiger partial charge in [-0.1, -0.05) is 42.5 Å². The topological polar surface area (TPSA) is 106 Å². The van der Waals surface area contributed by atoms with Crippen molar-refractivity contribution in [3.63, 3.8) is 0 Å². The fourth-order valence-corrected chi connectivity index (χ4v) is 3.30. The SMILES string of the molecule is NCc1ccc(N2Oc3ccccc3C2N)cc1CNC(=O)Nc1ccccc1. The van der Waals surface area contributed by atoms with Crippen molar-refractivity contribution in [1.82, 2.24) is 5.32 Å². The van der Waals surface area contributed by atoms with Crippen molar-refractivity contribution in [3.8, 4) is 5.75 Å². The molecule has 1 heterocycles. The van der Waals surface area contributed by atoms with Gasteiger partial charge in [0.25, 0.3) is 0 Å². The van der Waals surface area contributed by atoms with Gasteiger partial charge in [0.1, 0.15) is 6.17 Å². The summed E-state index contributed by atoms with van der Waals surface area (Å²) in [4.78, 5) is 18.1. The first kappa shape index (κ1) is 18.8. The number of para-hydroxylation sites is 2. The van der Waals surface area contributed by atoms with E-state index in [0.29, 0.717) is 13.1 Å². The third-order valence-electron chi connectivity index (χ3n) is 4.82. The predicted octanol–water partition coefficient (Wildman–Crippen LogP) is 3.24. The van der Waals surface area contributed by atoms with Crippen LogP contribution in [0.5, 0.6) is 5.75 Å². The number of nitrogens with two attached hydrogens (primary N) is 2. The lowest BCUT2D eigenvalue weighted by atomic mass is 10.1. The molecule has 0 aliphatic carbocycles. The maximum Gasteiger partial charge on any atom is 0.319 e. The number of hydroxylamine groups is 1. The van der Waals surface area contributed by atoms with Crippen LogP contribution in [0, 0.1) is 0 Å². The Labute approximate surface area is 169 Å². The molecule has 29 heavy (non-hydrogen) atoms. The highest BCUT2D eigenvalue weighted by Crippen LogP contribution is 2.37. The van der Waals surface area contributed by atoms with E-state index in [1.807, 2.05) is 72.8 Å². The Hall–Kier alpha value is -3.55. The molecule has 1 aliphatic heterocycles. The minimum Gasteiger partial charge on any atom is -0.377 e. The van der Waals surface area contributed by atoms with Crippen LogP contribution in [-0.2, 0) is 13.1 Å². The molecule has 148 valence electrons. The molecule has 1 unspecified atom stereocenters. The highest BCUT2D eigenvalue weighted by atomic mass is 16.7. The number of nitrogens with zero attached hydrogens (tertiary/aromatic N) is 1. The number of nitrogens with one attached hydrogen (secondary N) is 2. The van der Waals surface area contributed by atoms with Crippen molar-refractivity contribution in [2.75, 3.05) is 10.4 Å². The van der Waals surface area contributed by atoms with Crippen LogP contribution in [-0.4, -0.2) is 6.03 Å². The maximum absolute atomic E-state index is 12.2. The summed E-state index contributed by atoms with van der Waals surface area (Å²) in [7, 11) is 0. The van der Waals surface area contributed by atoms with Gasteiger partial charge in [-0.25, -0.2) is 4.79 Å². The zero-order chi connectivity index (χ0) is 20.2. The van der Waals surface area contributed by atoms with E-state index in [1.54, 1.807) is 5.06 Å². The number of amides is 2. The number of rotatable bonds is 5. The molecule has 7 nitrogen and oxygen atoms in total. The molecule has 2 amide bonds. The highest BCUT2D eigenvalue weighted by molar-refractivity contribution is 5.89. The monoisotopic (exact) mass is 389 g/mol. The first-order chi connectivity index (χ1) is 14.2. The predicted molar refractivity (Wildman–Crippen MR) is 113 cm³/mol. The number of fused-ring (bicyclic) bond motifs is 1. The Morgan fingerprint density at radius 1 is 1.00 bits per heavy atom. The normalized spacial score (nSPS) is 14.8. The molecule has 0 fully saturated rings. The molecule has 1 aliphatic rings. The summed E-state index contributed by atoms with van der Waals surface area (Å²) in [5, 5.41) is 7.34. The number of urea groups is 1. The zero-order valence-corrected chi connectivity index (χ0v) is 15.8. The van der Waals surface area contributed by atoms with E-state index < -0.39 is 6.17 Å². The van der Waals surface area contributed by atoms with Crippen LogP contribution < -0.4 is 32.0 Å². The number of carbonyl (C=O) groups is 1. The molecule has 4 rings (SSSR count). The van der Waals surface area contributed by atoms with Crippen LogP contribution in [0.15, 0.2) is 72.8 Å². The third-order valence-corrected chi connectivity index (χ3v) is 4.82. The standard InChI is InChI=1S/C22H23N5O2/c23-13-15-10-11-18(27-21(24)19-8-4-5-9-20(19)29-27)12-16(15)14-25-22(28)26-17-6-2-1-3-7-17/h1-12,21H,13-14,23-24H2,(H2,25,26,28). The lowest BCUT2D eigenvalue weighted by Gasteiger charge is -2.23. The van der Waals surface area contributed by atoms with Crippen molar-refractivity contribution in [3.05, 3.63) is 89.5 Å². The second-order valence-corrected chi connectivity index (χ2v) is 6.73. The van der Waals surface area contributed by atoms with Gasteiger partial charge in [0.05, 0.1) is 5.69 Å². The summed E-state index contributed by atoms with van der Waals surface area (Å²) in [6, 6.07) is 22.5. The molecule has 0 saturated heterocycles. The summed E-state index contributed by atoms with van der Waals surface area (Å²) < 4.78 is 0. The fourth-order valence-electron chi connectivity index (χ4n) is 3.30. The van der Waals surface area contributed by atoms with E-state index in [-0.39, 0.29) is 6.03 Å². The number of benzene rings is 3. The van der Waals surface area contributed by atoms with Crippen LogP contribution in [0.25, 0.3) is 0 Å². The smallest absolute Gasteiger partial charge is 0.319 e. The molecular weight excluding hydrogens is 366 g/mol. The second kappa shape index (κ2) is 8.22. The van der Waals surface area contributed by atoms with Crippen molar-refractivity contribution in [1.29, 1.82) is 0 Å². The summed E-state index contributed by atoms with van der Waals surface area (Å²) in [6.07, 6.45) is -0.405. The van der Waals surface area contributed by atoms with E-state index in [0.717, 1.165) is 33.8 Å². The summed E-state index contributed by atoms with van der Waals surface area (Å²) in [5.74, 6) is 0.741. The van der Waals surface area contributed by atoms with Gasteiger partial charge in [-0.05, 0) is 41.5 Å². The van der Waals surface area contributed by atoms with Gasteiger partial charge >= 0.3 is 6.03 Å². The molecule has 0 spiro atoms. The summed E-state index contributed by atoms with van der Waals surface area (Å²) >= 11 is 0. The van der Waals surface area contributed by atoms with E-state index in [2.05, 4.69) is 10.6 Å². The van der Waals surface area contributed by atoms with Crippen LogP contribution in [0.1, 0.15) is 22.9 Å². The molecule has 3 aromatic carbocycles. The summed E-state index contributed by atoms with van der Waals surface area (Å²) in [5.41, 5.74) is 16.5. The number of anilines is 2. The zero-order valence-electron chi connectivity index (χ0n) is 15.8. The van der Waals surface area contributed by atoms with Crippen LogP contribution >= 0.6 is 0 Å². The van der Waals surface area contributed by atoms with Gasteiger partial charge in [-0.15, -0.1) is 0 Å². The summed E-state index contributed by atoms with van der Waals surface area (Å²) in [6.45, 7) is 0.694. The molecular formula is C22H23N5O2. The van der Waals surface area contributed by atoms with Crippen LogP contribution in [0.3, 0.4) is 0 Å². The van der Waals surface area contributed by atoms with E-state index in [9.17, 15) is 4.79 Å². The van der Waals surface area contributed by atoms with Gasteiger partial charge in [-0.2, -0.15) is 5.06 Å². The Morgan fingerprint density at radius 2 is 1.76 bits per heavy atom. The Balaban J connectivity index is 1.48. The van der Waals surface area contributed by atoms with Gasteiger partial charge < -0.3 is 26.9 Å². The average molecular weight is 389 g/mol. The van der Waals surface area contributed by atoms with E-state index in [1.165, 1.54) is 0 Å². The Bertz CT molecular complexity index is 1010. The van der Waals surface area contributed by atoms with Crippen molar-refractivity contribution >= 4 is 17.4 Å². The lowest BCUT2D eigenvalue weighted by molar-refractivity contribution is 0.251. The number of hydrogen-bond donors (Lipinski definition) is 4. The average Bonchev–Trinajstić information content (AvgIpc) is 3.09. The first-order valence-electron chi connectivity index (χ1n) is 9.39. The molecule has 0 bridgehead atoms. The quantitative estimate of drug-likeness (QED) is 0.536. The van der Waals surface area contributed by atoms with Crippen LogP contribution in [0.4, 0.5) is 16.2 Å². The number of carbonyl (C=O) groups excluding carboxylic acids is 1. The first-order valence-corrected chi connectivity index (χ1v) is 9.39. The van der Waals surface area contributed by atoms with Gasteiger partial charge in [0, 0.05) is 24.3 Å². The van der Waals surface area contributed by atoms with Gasteiger partial charge in [-0.3, -0.25) is 0 Å². The molecule has 6 N–H and O–H groups in total. The number of hydrogen-bond acceptors (Lipinski definition) is 5. The van der Waals surface area contributed by atoms with E-state index >= 15 is 0 Å². The molecule has 0 aromatic heterocycles. The molecule has 1 atom stereocenters. The molecule has 7 heteroatoms. The van der Waals surface area contributed by atoms with Crippen molar-refractivity contribution in [2.45, 2.75) is 19.3 Å². The van der Waals surface area contributed by atoms with Crippen molar-refractivity contribution in [2.24, 2.45) is 11.5 Å².